The third-order valence-corrected chi connectivity index (χ3v) is 11.6. The zero-order valence-corrected chi connectivity index (χ0v) is 27.1. The highest BCUT2D eigenvalue weighted by Crippen LogP contribution is 2.54. The zero-order valence-electron chi connectivity index (χ0n) is 23.0. The maximum Gasteiger partial charge on any atom is 0.418 e. The molecule has 3 heterocycles. The van der Waals surface area contributed by atoms with Crippen LogP contribution in [0.25, 0.3) is 0 Å². The number of nitrogens with two attached hydrogens (primary N) is 1. The van der Waals surface area contributed by atoms with Crippen molar-refractivity contribution in [3.8, 4) is 0 Å². The molecule has 4 aromatic rings. The average molecular weight is 754 g/mol. The number of halogens is 4. The number of alkyl halides is 3. The minimum absolute atomic E-state index is 0.166. The molecule has 17 heteroatoms. The summed E-state index contributed by atoms with van der Waals surface area (Å²) in [7, 11) is -3.96. The molecule has 0 aliphatic carbocycles. The van der Waals surface area contributed by atoms with Crippen LogP contribution >= 0.6 is 39.0 Å². The van der Waals surface area contributed by atoms with Crippen LogP contribution in [0, 0.1) is 5.92 Å². The van der Waals surface area contributed by atoms with Gasteiger partial charge in [-0.25, -0.2) is 18.5 Å². The Bertz CT molecular complexity index is 2070. The maximum absolute atomic E-state index is 14.0. The van der Waals surface area contributed by atoms with Crippen molar-refractivity contribution in [2.45, 2.75) is 33.8 Å². The van der Waals surface area contributed by atoms with E-state index in [1.165, 1.54) is 36.4 Å². The van der Waals surface area contributed by atoms with Crippen LogP contribution in [0.5, 0.6) is 0 Å². The Balaban J connectivity index is 1.39. The number of carbonyl (C=O) groups is 3. The van der Waals surface area contributed by atoms with Gasteiger partial charge in [-0.05, 0) is 54.1 Å². The number of hydrogen-bond acceptors (Lipinski definition) is 8. The van der Waals surface area contributed by atoms with Gasteiger partial charge in [0.05, 0.1) is 27.1 Å². The highest BCUT2D eigenvalue weighted by Gasteiger charge is 2.57. The Morgan fingerprint density at radius 3 is 2.24 bits per heavy atom. The van der Waals surface area contributed by atoms with E-state index >= 15 is 0 Å². The van der Waals surface area contributed by atoms with Crippen LogP contribution in [0.3, 0.4) is 0 Å². The molecule has 3 N–H and O–H groups in total. The number of imide groups is 1. The number of amides is 3. The predicted molar refractivity (Wildman–Crippen MR) is 168 cm³/mol. The first-order chi connectivity index (χ1) is 21.6. The van der Waals surface area contributed by atoms with Gasteiger partial charge in [0, 0.05) is 21.0 Å². The van der Waals surface area contributed by atoms with Crippen LogP contribution in [-0.4, -0.2) is 36.0 Å². The van der Waals surface area contributed by atoms with Crippen LogP contribution < -0.4 is 20.2 Å². The summed E-state index contributed by atoms with van der Waals surface area (Å²) in [5, 5.41) is 6.74. The van der Waals surface area contributed by atoms with Crippen molar-refractivity contribution in [3.05, 3.63) is 103 Å². The van der Waals surface area contributed by atoms with E-state index < -0.39 is 73.7 Å². The maximum atomic E-state index is 14.0. The van der Waals surface area contributed by atoms with Crippen molar-refractivity contribution in [3.63, 3.8) is 0 Å². The first-order valence-corrected chi connectivity index (χ1v) is 17.3. The number of nitrogens with zero attached hydrogens (tertiary/aromatic N) is 2. The van der Waals surface area contributed by atoms with E-state index in [-0.39, 0.29) is 15.6 Å². The Kier molecular flexibility index (Phi) is 8.25. The van der Waals surface area contributed by atoms with Crippen molar-refractivity contribution < 1.29 is 36.0 Å². The number of nitrogens with one attached hydrogen (secondary N) is 1. The molecular weight excluding hydrogens is 733 g/mol. The van der Waals surface area contributed by atoms with Crippen LogP contribution in [0.15, 0.2) is 92.0 Å². The van der Waals surface area contributed by atoms with Crippen molar-refractivity contribution in [2.24, 2.45) is 11.1 Å². The van der Waals surface area contributed by atoms with Gasteiger partial charge in [0.25, 0.3) is 0 Å². The summed E-state index contributed by atoms with van der Waals surface area (Å²) in [6.45, 7) is -0.498. The first kappa shape index (κ1) is 32.2. The van der Waals surface area contributed by atoms with E-state index in [1.807, 2.05) is 0 Å². The topological polar surface area (TPSA) is 149 Å². The normalized spacial score (nSPS) is 19.6. The Hall–Kier alpha value is -3.77. The lowest BCUT2D eigenvalue weighted by atomic mass is 9.83. The molecule has 3 amide bonds. The third-order valence-electron chi connectivity index (χ3n) is 7.50. The average Bonchev–Trinajstić information content (AvgIpc) is 3.43. The quantitative estimate of drug-likeness (QED) is 0.270. The molecule has 3 aromatic carbocycles. The molecule has 2 aliphatic rings. The third kappa shape index (κ3) is 5.81. The fourth-order valence-electron chi connectivity index (χ4n) is 5.50. The van der Waals surface area contributed by atoms with Gasteiger partial charge in [-0.3, -0.25) is 23.7 Å². The van der Waals surface area contributed by atoms with E-state index in [4.69, 9.17) is 5.14 Å². The predicted octanol–water partition coefficient (Wildman–Crippen LogP) is 4.77. The summed E-state index contributed by atoms with van der Waals surface area (Å²) in [5.41, 5.74) is -0.936. The number of hydrogen-bond donors (Lipinski definition) is 2. The van der Waals surface area contributed by atoms with E-state index in [1.54, 1.807) is 24.3 Å². The lowest BCUT2D eigenvalue weighted by Gasteiger charge is -2.30. The van der Waals surface area contributed by atoms with Gasteiger partial charge in [-0.15, -0.1) is 0 Å². The van der Waals surface area contributed by atoms with Gasteiger partial charge in [0.2, 0.25) is 27.7 Å². The van der Waals surface area contributed by atoms with Crippen molar-refractivity contribution in [2.75, 3.05) is 10.2 Å². The van der Waals surface area contributed by atoms with Crippen molar-refractivity contribution >= 4 is 78.1 Å². The molecule has 0 unspecified atom stereocenters. The number of benzene rings is 3. The fourth-order valence-corrected chi connectivity index (χ4v) is 9.06. The van der Waals surface area contributed by atoms with Crippen LogP contribution in [-0.2, 0) is 37.1 Å². The second kappa shape index (κ2) is 11.8. The van der Waals surface area contributed by atoms with E-state index in [0.717, 1.165) is 39.8 Å². The van der Waals surface area contributed by atoms with E-state index in [9.17, 15) is 40.8 Å². The van der Waals surface area contributed by atoms with Crippen LogP contribution in [0.2, 0.25) is 0 Å². The standard InChI is InChI=1S/C29H20BrF3N4O6S3/c30-15-7-5-14(6-8-15)21-22-23(26(40)37(25(22)39)19-4-2-1-3-18(19)29(31,32)33)44-27-24(21)45-28(41)36(27)13-20(38)35-16-9-11-17(12-10-16)46(34,42)43/h1-12,21-23H,13H2,(H,35,38)(H2,34,42,43)/t21-,22-,23+/m0/s1. The highest BCUT2D eigenvalue weighted by molar-refractivity contribution is 9.10. The van der Waals surface area contributed by atoms with Crippen molar-refractivity contribution in [1.29, 1.82) is 0 Å². The van der Waals surface area contributed by atoms with Gasteiger partial charge in [0.15, 0.2) is 0 Å². The number of thioether (sulfide) groups is 1. The number of primary sulfonamides is 1. The summed E-state index contributed by atoms with van der Waals surface area (Å²) in [5.74, 6) is -4.35. The van der Waals surface area contributed by atoms with Gasteiger partial charge in [-0.2, -0.15) is 13.2 Å². The number of thiazole rings is 1. The molecule has 1 fully saturated rings. The fraction of sp³-hybridized carbons (Fsp3) is 0.172. The summed E-state index contributed by atoms with van der Waals surface area (Å²) in [4.78, 5) is 54.4. The van der Waals surface area contributed by atoms with Crippen molar-refractivity contribution in [1.82, 2.24) is 4.57 Å². The lowest BCUT2D eigenvalue weighted by Crippen LogP contribution is -2.33. The minimum Gasteiger partial charge on any atom is -0.325 e. The van der Waals surface area contributed by atoms with E-state index in [2.05, 4.69) is 21.2 Å². The van der Waals surface area contributed by atoms with E-state index in [0.29, 0.717) is 19.8 Å². The van der Waals surface area contributed by atoms with Crippen LogP contribution in [0.1, 0.15) is 21.9 Å². The van der Waals surface area contributed by atoms with Gasteiger partial charge in [-0.1, -0.05) is 63.3 Å². The molecule has 46 heavy (non-hydrogen) atoms. The Morgan fingerprint density at radius 1 is 0.957 bits per heavy atom. The molecular formula is C29H20BrF3N4O6S3. The summed E-state index contributed by atoms with van der Waals surface area (Å²) < 4.78 is 66.8. The molecule has 0 radical (unpaired) electrons. The summed E-state index contributed by atoms with van der Waals surface area (Å²) in [6.07, 6.45) is -4.84. The number of aromatic nitrogens is 1. The number of carbonyl (C=O) groups excluding carboxylic acids is 3. The lowest BCUT2D eigenvalue weighted by molar-refractivity contribution is -0.137. The Morgan fingerprint density at radius 2 is 1.61 bits per heavy atom. The number of para-hydroxylation sites is 1. The number of rotatable bonds is 6. The molecule has 1 saturated heterocycles. The molecule has 10 nitrogen and oxygen atoms in total. The molecule has 0 saturated carbocycles. The van der Waals surface area contributed by atoms with Gasteiger partial charge >= 0.3 is 11.0 Å². The smallest absolute Gasteiger partial charge is 0.325 e. The first-order valence-electron chi connectivity index (χ1n) is 13.3. The number of anilines is 2. The second-order valence-corrected chi connectivity index (χ2v) is 15.0. The largest absolute Gasteiger partial charge is 0.418 e. The van der Waals surface area contributed by atoms with Crippen LogP contribution in [0.4, 0.5) is 24.5 Å². The second-order valence-electron chi connectivity index (χ2n) is 10.4. The molecule has 2 aliphatic heterocycles. The highest BCUT2D eigenvalue weighted by atomic mass is 79.9. The number of sulfonamides is 1. The van der Waals surface area contributed by atoms with Gasteiger partial charge < -0.3 is 5.32 Å². The summed E-state index contributed by atoms with van der Waals surface area (Å²) >= 11 is 5.01. The molecule has 1 aromatic heterocycles. The SMILES string of the molecule is NS(=O)(=O)c1ccc(NC(=O)Cn2c3c(sc2=O)[C@@H](c2ccc(Br)cc2)[C@@H]2C(=O)N(c4ccccc4C(F)(F)F)C(=O)[C@@H]2S3)cc1. The zero-order chi connectivity index (χ0) is 33.1. The number of fused-ring (bicyclic) bond motifs is 2. The van der Waals surface area contributed by atoms with Gasteiger partial charge in [0.1, 0.15) is 11.8 Å². The minimum atomic E-state index is -4.84. The molecule has 6 rings (SSSR count). The summed E-state index contributed by atoms with van der Waals surface area (Å²) in [6, 6.07) is 16.2. The monoisotopic (exact) mass is 752 g/mol. The Labute approximate surface area is 275 Å². The molecule has 0 bridgehead atoms. The molecule has 238 valence electrons. The molecule has 3 atom stereocenters. The molecule has 0 spiro atoms.